The molecule has 0 aliphatic carbocycles. The van der Waals surface area contributed by atoms with Gasteiger partial charge in [0.15, 0.2) is 0 Å². The molecule has 0 bridgehead atoms. The Morgan fingerprint density at radius 2 is 1.61 bits per heavy atom. The first-order valence-corrected chi connectivity index (χ1v) is 14.5. The van der Waals surface area contributed by atoms with E-state index < -0.39 is 78.4 Å². The monoisotopic (exact) mass is 602 g/mol. The number of rotatable bonds is 16. The largest absolute Gasteiger partial charge is 0.480 e. The van der Waals surface area contributed by atoms with Gasteiger partial charge in [0.2, 0.25) is 29.5 Å². The molecule has 8 N–H and O–H groups in total. The molecular formula is C26H46N6O8S. The van der Waals surface area contributed by atoms with Crippen molar-refractivity contribution >= 4 is 48.1 Å². The zero-order valence-electron chi connectivity index (χ0n) is 24.4. The maximum absolute atomic E-state index is 13.4. The number of aliphatic carboxylic acids is 1. The van der Waals surface area contributed by atoms with Gasteiger partial charge in [0.1, 0.15) is 30.7 Å². The van der Waals surface area contributed by atoms with Gasteiger partial charge < -0.3 is 42.1 Å². The second-order valence-corrected chi connectivity index (χ2v) is 11.2. The molecule has 234 valence electrons. The topological polar surface area (TPSA) is 220 Å². The number of carbonyl (C=O) groups is 6. The van der Waals surface area contributed by atoms with Crippen LogP contribution in [0.1, 0.15) is 60.3 Å². The molecule has 1 rings (SSSR count). The molecule has 1 saturated heterocycles. The minimum Gasteiger partial charge on any atom is -0.480 e. The first-order chi connectivity index (χ1) is 19.1. The third kappa shape index (κ3) is 11.1. The van der Waals surface area contributed by atoms with Gasteiger partial charge in [-0.25, -0.2) is 0 Å². The van der Waals surface area contributed by atoms with Gasteiger partial charge in [0, 0.05) is 12.3 Å². The number of carbonyl (C=O) groups excluding carboxylic acids is 5. The fraction of sp³-hybridized carbons (Fsp3) is 0.769. The lowest BCUT2D eigenvalue weighted by molar-refractivity contribution is -0.142. The summed E-state index contributed by atoms with van der Waals surface area (Å²) < 4.78 is 0. The van der Waals surface area contributed by atoms with Gasteiger partial charge in [-0.2, -0.15) is 12.6 Å². The highest BCUT2D eigenvalue weighted by atomic mass is 32.1. The zero-order chi connectivity index (χ0) is 31.4. The van der Waals surface area contributed by atoms with Crippen molar-refractivity contribution in [3.8, 4) is 0 Å². The Hall–Kier alpha value is -2.91. The van der Waals surface area contributed by atoms with E-state index in [2.05, 4.69) is 33.9 Å². The molecule has 0 radical (unpaired) electrons. The Bertz CT molecular complexity index is 949. The summed E-state index contributed by atoms with van der Waals surface area (Å²) in [5.74, 6) is -4.67. The van der Waals surface area contributed by atoms with Crippen LogP contribution in [0.2, 0.25) is 0 Å². The molecule has 7 atom stereocenters. The number of aliphatic hydroxyl groups excluding tert-OH is 1. The van der Waals surface area contributed by atoms with Gasteiger partial charge in [-0.05, 0) is 38.0 Å². The minimum atomic E-state index is -1.46. The quantitative estimate of drug-likeness (QED) is 0.0948. The van der Waals surface area contributed by atoms with E-state index >= 15 is 0 Å². The summed E-state index contributed by atoms with van der Waals surface area (Å²) in [5, 5.41) is 28.6. The van der Waals surface area contributed by atoms with Crippen molar-refractivity contribution in [3.63, 3.8) is 0 Å². The van der Waals surface area contributed by atoms with Crippen LogP contribution in [0.15, 0.2) is 0 Å². The number of aliphatic hydroxyl groups is 1. The summed E-state index contributed by atoms with van der Waals surface area (Å²) in [5.41, 5.74) is 6.00. The molecule has 15 heteroatoms. The number of amides is 5. The van der Waals surface area contributed by atoms with Gasteiger partial charge in [-0.1, -0.05) is 34.1 Å². The van der Waals surface area contributed by atoms with E-state index in [1.807, 2.05) is 27.7 Å². The number of hydrogen-bond acceptors (Lipinski definition) is 9. The summed E-state index contributed by atoms with van der Waals surface area (Å²) in [6, 6.07) is -5.28. The third-order valence-electron chi connectivity index (χ3n) is 7.01. The van der Waals surface area contributed by atoms with E-state index in [4.69, 9.17) is 10.8 Å². The highest BCUT2D eigenvalue weighted by molar-refractivity contribution is 7.80. The summed E-state index contributed by atoms with van der Waals surface area (Å²) in [6.07, 6.45) is 0.371. The minimum absolute atomic E-state index is 0.00824. The SMILES string of the molecule is CC[C@H](C)[C@H](N)C(=O)N[C@@H](CS)C(=O)N1CCC[C@H]1C(=O)N[C@@H](CC(C)C)C(=O)N[C@H](C(=O)NCC(=O)O)[C@@H](C)O. The number of carboxylic acids is 1. The van der Waals surface area contributed by atoms with Crippen LogP contribution < -0.4 is 27.0 Å². The molecule has 14 nitrogen and oxygen atoms in total. The van der Waals surface area contributed by atoms with Crippen LogP contribution >= 0.6 is 12.6 Å². The number of nitrogens with two attached hydrogens (primary N) is 1. The number of nitrogens with one attached hydrogen (secondary N) is 4. The van der Waals surface area contributed by atoms with Crippen LogP contribution in [0.3, 0.4) is 0 Å². The Morgan fingerprint density at radius 3 is 2.12 bits per heavy atom. The molecule has 41 heavy (non-hydrogen) atoms. The maximum atomic E-state index is 13.4. The van der Waals surface area contributed by atoms with Crippen molar-refractivity contribution in [3.05, 3.63) is 0 Å². The van der Waals surface area contributed by atoms with Crippen molar-refractivity contribution in [2.45, 2.75) is 96.6 Å². The Kier molecular flexibility index (Phi) is 15.1. The van der Waals surface area contributed by atoms with Crippen LogP contribution in [0.25, 0.3) is 0 Å². The molecule has 5 amide bonds. The predicted octanol–water partition coefficient (Wildman–Crippen LogP) is -1.64. The van der Waals surface area contributed by atoms with Gasteiger partial charge in [-0.15, -0.1) is 0 Å². The van der Waals surface area contributed by atoms with Gasteiger partial charge in [-0.3, -0.25) is 28.8 Å². The lowest BCUT2D eigenvalue weighted by Crippen LogP contribution is -2.60. The second kappa shape index (κ2) is 17.1. The third-order valence-corrected chi connectivity index (χ3v) is 7.38. The molecule has 0 aromatic rings. The van der Waals surface area contributed by atoms with Crippen molar-refractivity contribution in [2.75, 3.05) is 18.8 Å². The van der Waals surface area contributed by atoms with Crippen LogP contribution in [0, 0.1) is 11.8 Å². The predicted molar refractivity (Wildman–Crippen MR) is 154 cm³/mol. The molecule has 0 aromatic carbocycles. The van der Waals surface area contributed by atoms with E-state index in [1.165, 1.54) is 11.8 Å². The van der Waals surface area contributed by atoms with Crippen molar-refractivity contribution in [1.82, 2.24) is 26.2 Å². The van der Waals surface area contributed by atoms with E-state index in [-0.39, 0.29) is 30.6 Å². The molecule has 0 saturated carbocycles. The van der Waals surface area contributed by atoms with E-state index in [1.54, 1.807) is 0 Å². The summed E-state index contributed by atoms with van der Waals surface area (Å²) in [4.78, 5) is 76.9. The van der Waals surface area contributed by atoms with Crippen molar-refractivity contribution in [2.24, 2.45) is 17.6 Å². The Balaban J connectivity index is 3.02. The van der Waals surface area contributed by atoms with Crippen LogP contribution in [0.5, 0.6) is 0 Å². The van der Waals surface area contributed by atoms with E-state index in [0.29, 0.717) is 19.3 Å². The molecule has 0 unspecified atom stereocenters. The maximum Gasteiger partial charge on any atom is 0.322 e. The average molecular weight is 603 g/mol. The molecule has 1 fully saturated rings. The fourth-order valence-electron chi connectivity index (χ4n) is 4.37. The van der Waals surface area contributed by atoms with Crippen LogP contribution in [-0.4, -0.2) is 106 Å². The Morgan fingerprint density at radius 1 is 0.976 bits per heavy atom. The Labute approximate surface area is 246 Å². The summed E-state index contributed by atoms with van der Waals surface area (Å²) in [6.45, 7) is 8.21. The second-order valence-electron chi connectivity index (χ2n) is 10.9. The number of hydrogen-bond donors (Lipinski definition) is 8. The molecular weight excluding hydrogens is 556 g/mol. The highest BCUT2D eigenvalue weighted by Crippen LogP contribution is 2.20. The van der Waals surface area contributed by atoms with E-state index in [9.17, 15) is 33.9 Å². The number of nitrogens with zero attached hydrogens (tertiary/aromatic N) is 1. The first-order valence-electron chi connectivity index (χ1n) is 13.9. The van der Waals surface area contributed by atoms with Crippen LogP contribution in [0.4, 0.5) is 0 Å². The number of likely N-dealkylation sites (tertiary alicyclic amines) is 1. The lowest BCUT2D eigenvalue weighted by Gasteiger charge is -2.31. The molecule has 0 aromatic heterocycles. The van der Waals surface area contributed by atoms with E-state index in [0.717, 1.165) is 0 Å². The number of thiol groups is 1. The van der Waals surface area contributed by atoms with Gasteiger partial charge in [0.05, 0.1) is 12.1 Å². The fourth-order valence-corrected chi connectivity index (χ4v) is 4.62. The van der Waals surface area contributed by atoms with Gasteiger partial charge in [0.25, 0.3) is 0 Å². The van der Waals surface area contributed by atoms with Crippen molar-refractivity contribution < 1.29 is 39.0 Å². The normalized spacial score (nSPS) is 19.3. The van der Waals surface area contributed by atoms with Crippen molar-refractivity contribution in [1.29, 1.82) is 0 Å². The average Bonchev–Trinajstić information content (AvgIpc) is 3.41. The summed E-state index contributed by atoms with van der Waals surface area (Å²) >= 11 is 4.22. The molecule has 1 heterocycles. The molecule has 0 spiro atoms. The smallest absolute Gasteiger partial charge is 0.322 e. The van der Waals surface area contributed by atoms with Crippen LogP contribution in [-0.2, 0) is 28.8 Å². The molecule has 1 aliphatic rings. The standard InChI is InChI=1S/C26H46N6O8S/c1-6-14(4)20(27)24(38)30-17(12-41)26(40)32-9-7-8-18(32)23(37)29-16(10-13(2)3)22(36)31-21(15(5)33)25(39)28-11-19(34)35/h13-18,20-21,33,41H,6-12,27H2,1-5H3,(H,28,39)(H,29,37)(H,30,38)(H,31,36)(H,34,35)/t14-,15+,16-,17-,18-,20-,21-/m0/s1. The lowest BCUT2D eigenvalue weighted by atomic mass is 9.99. The summed E-state index contributed by atoms with van der Waals surface area (Å²) in [7, 11) is 0. The van der Waals surface area contributed by atoms with Gasteiger partial charge >= 0.3 is 5.97 Å². The first kappa shape index (κ1) is 36.1. The number of carboxylic acid groups (broad SMARTS) is 1. The molecule has 1 aliphatic heterocycles. The zero-order valence-corrected chi connectivity index (χ0v) is 25.3. The highest BCUT2D eigenvalue weighted by Gasteiger charge is 2.39.